The quantitative estimate of drug-likeness (QED) is 0.759. The molecule has 0 aromatic rings. The van der Waals surface area contributed by atoms with Crippen LogP contribution in [0, 0.1) is 11.8 Å². The summed E-state index contributed by atoms with van der Waals surface area (Å²) in [5.74, 6) is 2.43. The third kappa shape index (κ3) is 2.99. The molecule has 17 heavy (non-hydrogen) atoms. The van der Waals surface area contributed by atoms with Crippen molar-refractivity contribution in [3.63, 3.8) is 0 Å². The van der Waals surface area contributed by atoms with E-state index in [1.54, 1.807) is 0 Å². The van der Waals surface area contributed by atoms with Crippen LogP contribution < -0.4 is 10.8 Å². The summed E-state index contributed by atoms with van der Waals surface area (Å²) in [6.07, 6.45) is 14.6. The third-order valence-corrected chi connectivity index (χ3v) is 3.53. The fourth-order valence-corrected chi connectivity index (χ4v) is 2.27. The minimum Gasteiger partial charge on any atom is -0.412 e. The fraction of sp³-hybridized carbons (Fsp3) is 0.571. The Kier molecular flexibility index (Phi) is 3.29. The Morgan fingerprint density at radius 3 is 3.00 bits per heavy atom. The second-order valence-electron chi connectivity index (χ2n) is 5.15. The Balaban J connectivity index is 1.46. The molecule has 3 aliphatic rings. The van der Waals surface area contributed by atoms with E-state index in [1.807, 2.05) is 0 Å². The highest BCUT2D eigenvalue weighted by Crippen LogP contribution is 2.28. The van der Waals surface area contributed by atoms with E-state index >= 15 is 0 Å². The lowest BCUT2D eigenvalue weighted by atomic mass is 9.98. The summed E-state index contributed by atoms with van der Waals surface area (Å²) < 4.78 is 0. The molecule has 0 spiro atoms. The Hall–Kier alpha value is -1.06. The summed E-state index contributed by atoms with van der Waals surface area (Å²) in [6, 6.07) is 0.322. The molecule has 2 N–H and O–H groups in total. The molecule has 2 atom stereocenters. The summed E-state index contributed by atoms with van der Waals surface area (Å²) in [7, 11) is 0. The van der Waals surface area contributed by atoms with E-state index in [9.17, 15) is 0 Å². The highest BCUT2D eigenvalue weighted by molar-refractivity contribution is 5.21. The van der Waals surface area contributed by atoms with Crippen LogP contribution in [0.25, 0.3) is 0 Å². The van der Waals surface area contributed by atoms with Crippen LogP contribution in [0.1, 0.15) is 19.3 Å². The molecule has 2 unspecified atom stereocenters. The molecule has 3 rings (SSSR count). The Labute approximate surface area is 103 Å². The van der Waals surface area contributed by atoms with Gasteiger partial charge in [-0.05, 0) is 37.8 Å². The van der Waals surface area contributed by atoms with Gasteiger partial charge in [0, 0.05) is 12.5 Å². The molecule has 1 saturated carbocycles. The summed E-state index contributed by atoms with van der Waals surface area (Å²) in [4.78, 5) is 5.56. The predicted octanol–water partition coefficient (Wildman–Crippen LogP) is 1.91. The van der Waals surface area contributed by atoms with Crippen LogP contribution in [-0.2, 0) is 4.84 Å². The molecule has 2 aliphatic carbocycles. The highest BCUT2D eigenvalue weighted by atomic mass is 16.7. The van der Waals surface area contributed by atoms with Crippen molar-refractivity contribution in [2.24, 2.45) is 11.8 Å². The van der Waals surface area contributed by atoms with E-state index in [4.69, 9.17) is 4.84 Å². The van der Waals surface area contributed by atoms with Gasteiger partial charge in [-0.15, -0.1) is 5.48 Å². The van der Waals surface area contributed by atoms with Crippen LogP contribution in [0.4, 0.5) is 0 Å². The van der Waals surface area contributed by atoms with Crippen molar-refractivity contribution in [2.75, 3.05) is 13.1 Å². The van der Waals surface area contributed by atoms with Crippen molar-refractivity contribution in [3.8, 4) is 0 Å². The number of rotatable bonds is 5. The second kappa shape index (κ2) is 5.07. The first-order valence-electron chi connectivity index (χ1n) is 6.60. The number of allylic oxidation sites excluding steroid dienone is 4. The van der Waals surface area contributed by atoms with E-state index in [0.717, 1.165) is 31.2 Å². The van der Waals surface area contributed by atoms with Gasteiger partial charge in [0.25, 0.3) is 0 Å². The topological polar surface area (TPSA) is 33.3 Å². The minimum atomic E-state index is 0.322. The molecular weight excluding hydrogens is 212 g/mol. The molecule has 0 amide bonds. The largest absolute Gasteiger partial charge is 0.412 e. The molecule has 0 aromatic heterocycles. The van der Waals surface area contributed by atoms with Crippen molar-refractivity contribution in [1.29, 1.82) is 0 Å². The van der Waals surface area contributed by atoms with Crippen LogP contribution in [-0.4, -0.2) is 19.1 Å². The van der Waals surface area contributed by atoms with Gasteiger partial charge in [0.1, 0.15) is 5.76 Å². The summed E-state index contributed by atoms with van der Waals surface area (Å²) in [5, 5.41) is 3.49. The predicted molar refractivity (Wildman–Crippen MR) is 68.1 cm³/mol. The van der Waals surface area contributed by atoms with E-state index in [2.05, 4.69) is 41.2 Å². The highest BCUT2D eigenvalue weighted by Gasteiger charge is 2.24. The number of hydrogen-bond acceptors (Lipinski definition) is 3. The van der Waals surface area contributed by atoms with E-state index < -0.39 is 0 Å². The van der Waals surface area contributed by atoms with Crippen LogP contribution in [0.3, 0.4) is 0 Å². The molecule has 0 saturated heterocycles. The third-order valence-electron chi connectivity index (χ3n) is 3.53. The van der Waals surface area contributed by atoms with Crippen molar-refractivity contribution < 1.29 is 4.84 Å². The molecule has 92 valence electrons. The Morgan fingerprint density at radius 2 is 2.24 bits per heavy atom. The van der Waals surface area contributed by atoms with Gasteiger partial charge < -0.3 is 10.2 Å². The summed E-state index contributed by atoms with van der Waals surface area (Å²) >= 11 is 0. The molecular formula is C14H20N2O. The molecule has 0 aromatic carbocycles. The van der Waals surface area contributed by atoms with Crippen molar-refractivity contribution >= 4 is 0 Å². The summed E-state index contributed by atoms with van der Waals surface area (Å²) in [5.41, 5.74) is 3.09. The first-order valence-corrected chi connectivity index (χ1v) is 6.60. The maximum Gasteiger partial charge on any atom is 0.129 e. The molecule has 1 aliphatic heterocycles. The van der Waals surface area contributed by atoms with Gasteiger partial charge in [-0.2, -0.15) is 0 Å². The van der Waals surface area contributed by atoms with Gasteiger partial charge in [0.2, 0.25) is 0 Å². The van der Waals surface area contributed by atoms with Crippen molar-refractivity contribution in [1.82, 2.24) is 10.8 Å². The Bertz CT molecular complexity index is 355. The van der Waals surface area contributed by atoms with Gasteiger partial charge in [0.05, 0.1) is 6.04 Å². The minimum absolute atomic E-state index is 0.322. The Morgan fingerprint density at radius 1 is 1.29 bits per heavy atom. The zero-order chi connectivity index (χ0) is 11.5. The lowest BCUT2D eigenvalue weighted by Crippen LogP contribution is -2.34. The van der Waals surface area contributed by atoms with Gasteiger partial charge in [-0.25, -0.2) is 0 Å². The van der Waals surface area contributed by atoms with Crippen LogP contribution >= 0.6 is 0 Å². The van der Waals surface area contributed by atoms with Gasteiger partial charge in [-0.1, -0.05) is 24.3 Å². The van der Waals surface area contributed by atoms with Crippen molar-refractivity contribution in [2.45, 2.75) is 25.3 Å². The molecule has 0 radical (unpaired) electrons. The van der Waals surface area contributed by atoms with Crippen LogP contribution in [0.15, 0.2) is 36.1 Å². The van der Waals surface area contributed by atoms with Crippen molar-refractivity contribution in [3.05, 3.63) is 36.1 Å². The molecule has 3 nitrogen and oxygen atoms in total. The smallest absolute Gasteiger partial charge is 0.129 e. The molecule has 3 heteroatoms. The van der Waals surface area contributed by atoms with Gasteiger partial charge in [-0.3, -0.25) is 0 Å². The van der Waals surface area contributed by atoms with Crippen LogP contribution in [0.2, 0.25) is 0 Å². The summed E-state index contributed by atoms with van der Waals surface area (Å²) in [6.45, 7) is 2.12. The zero-order valence-electron chi connectivity index (χ0n) is 10.1. The second-order valence-corrected chi connectivity index (χ2v) is 5.15. The molecule has 1 heterocycles. The van der Waals surface area contributed by atoms with Gasteiger partial charge >= 0.3 is 0 Å². The lowest BCUT2D eigenvalue weighted by molar-refractivity contribution is 0.101. The first-order chi connectivity index (χ1) is 8.42. The number of hydroxylamine groups is 1. The van der Waals surface area contributed by atoms with Crippen LogP contribution in [0.5, 0.6) is 0 Å². The standard InChI is InChI=1S/C14H20N2O/c1-2-4-12(5-3-1)14-8-13(16-17-14)10-15-9-11-6-7-11/h1-4,8,11-13,15-16H,5-7,9-10H2. The monoisotopic (exact) mass is 232 g/mol. The number of nitrogens with one attached hydrogen (secondary N) is 2. The maximum absolute atomic E-state index is 5.56. The maximum atomic E-state index is 5.56. The average Bonchev–Trinajstić information content (AvgIpc) is 3.07. The molecule has 1 fully saturated rings. The number of hydrogen-bond donors (Lipinski definition) is 2. The lowest BCUT2D eigenvalue weighted by Gasteiger charge is -2.13. The average molecular weight is 232 g/mol. The van der Waals surface area contributed by atoms with E-state index in [1.165, 1.54) is 12.8 Å². The SMILES string of the molecule is C1=CCC(C2=CC(CNCC3CC3)NO2)C=C1. The molecule has 0 bridgehead atoms. The first kappa shape index (κ1) is 11.1. The fourth-order valence-electron chi connectivity index (χ4n) is 2.27. The van der Waals surface area contributed by atoms with Gasteiger partial charge in [0.15, 0.2) is 0 Å². The normalized spacial score (nSPS) is 31.4. The van der Waals surface area contributed by atoms with E-state index in [-0.39, 0.29) is 0 Å². The zero-order valence-corrected chi connectivity index (χ0v) is 10.1. The van der Waals surface area contributed by atoms with E-state index in [0.29, 0.717) is 12.0 Å².